The first-order chi connectivity index (χ1) is 12.9. The van der Waals surface area contributed by atoms with E-state index in [-0.39, 0.29) is 37.6 Å². The second-order valence-corrected chi connectivity index (χ2v) is 7.93. The molecular formula is C17H19ClF3N3O4. The van der Waals surface area contributed by atoms with E-state index in [0.29, 0.717) is 6.07 Å². The molecule has 0 saturated carbocycles. The lowest BCUT2D eigenvalue weighted by Crippen LogP contribution is -2.57. The van der Waals surface area contributed by atoms with Gasteiger partial charge in [-0.1, -0.05) is 11.6 Å². The maximum Gasteiger partial charge on any atom is 0.419 e. The van der Waals surface area contributed by atoms with Gasteiger partial charge in [-0.25, -0.2) is 14.6 Å². The first-order valence-electron chi connectivity index (χ1n) is 8.56. The Labute approximate surface area is 164 Å². The number of alkyl halides is 3. The molecule has 3 rings (SSSR count). The van der Waals surface area contributed by atoms with Crippen LogP contribution >= 0.6 is 11.6 Å². The molecule has 0 bridgehead atoms. The van der Waals surface area contributed by atoms with Crippen molar-refractivity contribution in [3.8, 4) is 0 Å². The Hall–Kier alpha value is -2.23. The van der Waals surface area contributed by atoms with Gasteiger partial charge < -0.3 is 19.3 Å². The van der Waals surface area contributed by atoms with Gasteiger partial charge in [0.05, 0.1) is 11.6 Å². The zero-order valence-electron chi connectivity index (χ0n) is 15.5. The van der Waals surface area contributed by atoms with Crippen molar-refractivity contribution in [3.63, 3.8) is 0 Å². The number of nitrogens with zero attached hydrogens (tertiary/aromatic N) is 3. The third kappa shape index (κ3) is 4.11. The van der Waals surface area contributed by atoms with E-state index in [4.69, 9.17) is 21.1 Å². The summed E-state index contributed by atoms with van der Waals surface area (Å²) in [6, 6.07) is 0.182. The Morgan fingerprint density at radius 1 is 1.32 bits per heavy atom. The van der Waals surface area contributed by atoms with Crippen molar-refractivity contribution in [1.29, 1.82) is 0 Å². The Bertz CT molecular complexity index is 810. The van der Waals surface area contributed by atoms with Crippen LogP contribution in [0.3, 0.4) is 0 Å². The number of cyclic esters (lactones) is 1. The van der Waals surface area contributed by atoms with Crippen molar-refractivity contribution in [2.75, 3.05) is 31.1 Å². The molecule has 1 aromatic rings. The van der Waals surface area contributed by atoms with E-state index in [1.54, 1.807) is 25.7 Å². The maximum atomic E-state index is 13.1. The fourth-order valence-electron chi connectivity index (χ4n) is 3.07. The van der Waals surface area contributed by atoms with Crippen LogP contribution < -0.4 is 4.90 Å². The molecule has 1 amide bonds. The molecule has 7 nitrogen and oxygen atoms in total. The normalized spacial score (nSPS) is 20.1. The molecule has 28 heavy (non-hydrogen) atoms. The van der Waals surface area contributed by atoms with Gasteiger partial charge in [0.25, 0.3) is 0 Å². The van der Waals surface area contributed by atoms with Gasteiger partial charge in [-0.05, 0) is 26.8 Å². The van der Waals surface area contributed by atoms with Crippen molar-refractivity contribution in [2.24, 2.45) is 0 Å². The molecule has 1 fully saturated rings. The van der Waals surface area contributed by atoms with Crippen LogP contribution in [-0.4, -0.2) is 59.8 Å². The molecule has 0 radical (unpaired) electrons. The molecule has 0 N–H and O–H groups in total. The number of rotatable bonds is 0. The van der Waals surface area contributed by atoms with E-state index >= 15 is 0 Å². The van der Waals surface area contributed by atoms with Gasteiger partial charge in [0, 0.05) is 19.6 Å². The third-order valence-electron chi connectivity index (χ3n) is 4.29. The molecule has 1 saturated heterocycles. The van der Waals surface area contributed by atoms with E-state index in [1.165, 1.54) is 4.90 Å². The van der Waals surface area contributed by atoms with Crippen molar-refractivity contribution in [2.45, 2.75) is 38.6 Å². The lowest BCUT2D eigenvalue weighted by molar-refractivity contribution is -0.137. The standard InChI is InChI=1S/C17H19ClF3N3O4/c1-16(2,3)28-15(26)23-4-5-24-9(7-23)8-27-14(25)10-6-11(17(19,20)21)12(18)22-13(10)24/h6,9H,4-5,7-8H2,1-3H3/t9-/m1/s1. The Morgan fingerprint density at radius 2 is 2.00 bits per heavy atom. The summed E-state index contributed by atoms with van der Waals surface area (Å²) in [7, 11) is 0. The van der Waals surface area contributed by atoms with Crippen molar-refractivity contribution in [1.82, 2.24) is 9.88 Å². The second kappa shape index (κ2) is 6.98. The zero-order chi connectivity index (χ0) is 20.9. The van der Waals surface area contributed by atoms with Crippen LogP contribution in [0.15, 0.2) is 6.07 Å². The Balaban J connectivity index is 1.90. The average molecular weight is 422 g/mol. The number of halogens is 4. The van der Waals surface area contributed by atoms with Crippen molar-refractivity contribution >= 4 is 29.5 Å². The van der Waals surface area contributed by atoms with Crippen LogP contribution in [0.5, 0.6) is 0 Å². The van der Waals surface area contributed by atoms with Gasteiger partial charge in [0.2, 0.25) is 0 Å². The number of aromatic nitrogens is 1. The summed E-state index contributed by atoms with van der Waals surface area (Å²) in [6.07, 6.45) is -5.26. The van der Waals surface area contributed by atoms with E-state index in [0.717, 1.165) is 0 Å². The lowest BCUT2D eigenvalue weighted by Gasteiger charge is -2.41. The van der Waals surface area contributed by atoms with Crippen molar-refractivity contribution < 1.29 is 32.2 Å². The number of fused-ring (bicyclic) bond motifs is 3. The number of ether oxygens (including phenoxy) is 2. The minimum Gasteiger partial charge on any atom is -0.460 e. The first-order valence-corrected chi connectivity index (χ1v) is 8.94. The minimum atomic E-state index is -4.75. The SMILES string of the molecule is CC(C)(C)OC(=O)N1CCN2c3nc(Cl)c(C(F)(F)F)cc3C(=O)OC[C@H]2C1. The number of piperazine rings is 1. The summed E-state index contributed by atoms with van der Waals surface area (Å²) in [6.45, 7) is 5.79. The van der Waals surface area contributed by atoms with Gasteiger partial charge in [0.15, 0.2) is 0 Å². The minimum absolute atomic E-state index is 0.0225. The summed E-state index contributed by atoms with van der Waals surface area (Å²) in [5.41, 5.74) is -2.17. The molecular weight excluding hydrogens is 403 g/mol. The number of carbonyl (C=O) groups is 2. The number of pyridine rings is 1. The molecule has 0 aromatic carbocycles. The monoisotopic (exact) mass is 421 g/mol. The molecule has 0 aliphatic carbocycles. The summed E-state index contributed by atoms with van der Waals surface area (Å²) in [5.74, 6) is -0.891. The fraction of sp³-hybridized carbons (Fsp3) is 0.588. The van der Waals surface area contributed by atoms with Gasteiger partial charge >= 0.3 is 18.2 Å². The largest absolute Gasteiger partial charge is 0.460 e. The predicted molar refractivity (Wildman–Crippen MR) is 93.5 cm³/mol. The van der Waals surface area contributed by atoms with E-state index < -0.39 is 40.6 Å². The summed E-state index contributed by atoms with van der Waals surface area (Å²) >= 11 is 5.74. The number of anilines is 1. The quantitative estimate of drug-likeness (QED) is 0.472. The molecule has 0 unspecified atom stereocenters. The molecule has 0 spiro atoms. The molecule has 2 aliphatic rings. The highest BCUT2D eigenvalue weighted by Crippen LogP contribution is 2.38. The highest BCUT2D eigenvalue weighted by molar-refractivity contribution is 6.30. The molecule has 154 valence electrons. The van der Waals surface area contributed by atoms with E-state index in [2.05, 4.69) is 4.98 Å². The van der Waals surface area contributed by atoms with Crippen LogP contribution in [0.25, 0.3) is 0 Å². The summed E-state index contributed by atoms with van der Waals surface area (Å²) in [4.78, 5) is 31.5. The van der Waals surface area contributed by atoms with E-state index in [1.807, 2.05) is 0 Å². The first kappa shape index (κ1) is 20.5. The third-order valence-corrected chi connectivity index (χ3v) is 4.58. The molecule has 2 aliphatic heterocycles. The maximum absolute atomic E-state index is 13.1. The summed E-state index contributed by atoms with van der Waals surface area (Å²) < 4.78 is 49.8. The van der Waals surface area contributed by atoms with Gasteiger partial charge in [0.1, 0.15) is 28.7 Å². The Kier molecular flexibility index (Phi) is 5.11. The van der Waals surface area contributed by atoms with Crippen molar-refractivity contribution in [3.05, 3.63) is 22.3 Å². The molecule has 1 atom stereocenters. The highest BCUT2D eigenvalue weighted by Gasteiger charge is 2.41. The van der Waals surface area contributed by atoms with E-state index in [9.17, 15) is 22.8 Å². The highest BCUT2D eigenvalue weighted by atomic mass is 35.5. The van der Waals surface area contributed by atoms with Gasteiger partial charge in [-0.3, -0.25) is 0 Å². The topological polar surface area (TPSA) is 72.0 Å². The van der Waals surface area contributed by atoms with Crippen LogP contribution in [-0.2, 0) is 15.7 Å². The average Bonchev–Trinajstić information content (AvgIpc) is 2.68. The molecule has 11 heteroatoms. The van der Waals surface area contributed by atoms with Crippen LogP contribution in [0, 0.1) is 0 Å². The number of hydrogen-bond acceptors (Lipinski definition) is 6. The fourth-order valence-corrected chi connectivity index (χ4v) is 3.31. The number of hydrogen-bond donors (Lipinski definition) is 0. The van der Waals surface area contributed by atoms with Crippen LogP contribution in [0.2, 0.25) is 5.15 Å². The lowest BCUT2D eigenvalue weighted by atomic mass is 10.1. The Morgan fingerprint density at radius 3 is 2.61 bits per heavy atom. The second-order valence-electron chi connectivity index (χ2n) is 7.57. The van der Waals surface area contributed by atoms with Gasteiger partial charge in [-0.15, -0.1) is 0 Å². The van der Waals surface area contributed by atoms with Crippen LogP contribution in [0.1, 0.15) is 36.7 Å². The number of amides is 1. The predicted octanol–water partition coefficient (Wildman–Crippen LogP) is 3.35. The number of esters is 1. The number of carbonyl (C=O) groups excluding carboxylic acids is 2. The van der Waals surface area contributed by atoms with Gasteiger partial charge in [-0.2, -0.15) is 13.2 Å². The molecule has 1 aromatic heterocycles. The smallest absolute Gasteiger partial charge is 0.419 e. The summed E-state index contributed by atoms with van der Waals surface area (Å²) in [5, 5.41) is -0.741. The van der Waals surface area contributed by atoms with Crippen LogP contribution in [0.4, 0.5) is 23.8 Å². The molecule has 3 heterocycles. The zero-order valence-corrected chi connectivity index (χ0v) is 16.2.